The van der Waals surface area contributed by atoms with Crippen molar-refractivity contribution in [2.45, 2.75) is 71.1 Å². The fraction of sp³-hybridized carbons (Fsp3) is 0.500. The van der Waals surface area contributed by atoms with Gasteiger partial charge in [0, 0.05) is 37.2 Å². The van der Waals surface area contributed by atoms with Crippen LogP contribution in [0.2, 0.25) is 0 Å². The predicted molar refractivity (Wildman–Crippen MR) is 138 cm³/mol. The number of Topliss-reactive ketones (excluding diaryl/α,β-unsaturated/α-hetero) is 1. The number of alkyl carbamates (subject to hydrolysis) is 1. The van der Waals surface area contributed by atoms with Gasteiger partial charge in [0.05, 0.1) is 12.1 Å². The molecule has 1 aliphatic heterocycles. The number of rotatable bonds is 7. The Morgan fingerprint density at radius 1 is 1.03 bits per heavy atom. The number of fused-ring (bicyclic) bond motifs is 1. The molecular weight excluding hydrogens is 454 g/mol. The molecule has 0 atom stereocenters. The number of hydrogen-bond acceptors (Lipinski definition) is 6. The first-order valence-electron chi connectivity index (χ1n) is 12.9. The summed E-state index contributed by atoms with van der Waals surface area (Å²) in [6.07, 6.45) is 3.82. The van der Waals surface area contributed by atoms with Crippen LogP contribution in [-0.2, 0) is 22.5 Å². The van der Waals surface area contributed by atoms with Crippen molar-refractivity contribution in [2.24, 2.45) is 5.92 Å². The number of ether oxygens (including phenoxy) is 1. The van der Waals surface area contributed by atoms with Crippen molar-refractivity contribution in [1.82, 2.24) is 24.8 Å². The number of ketones is 1. The van der Waals surface area contributed by atoms with E-state index in [4.69, 9.17) is 4.74 Å². The first kappa shape index (κ1) is 24.4. The molecule has 0 spiro atoms. The Bertz CT molecular complexity index is 1230. The van der Waals surface area contributed by atoms with E-state index >= 15 is 0 Å². The summed E-state index contributed by atoms with van der Waals surface area (Å²) < 4.78 is 7.22. The van der Waals surface area contributed by atoms with Gasteiger partial charge in [0.25, 0.3) is 0 Å². The van der Waals surface area contributed by atoms with Crippen molar-refractivity contribution in [2.75, 3.05) is 13.1 Å². The highest BCUT2D eigenvalue weighted by atomic mass is 16.6. The number of carbonyl (C=O) groups is 2. The molecule has 1 aliphatic carbocycles. The number of likely N-dealkylation sites (tertiary alicyclic amines) is 1. The summed E-state index contributed by atoms with van der Waals surface area (Å²) in [6, 6.07) is 14.7. The Kier molecular flexibility index (Phi) is 6.79. The Morgan fingerprint density at radius 2 is 1.75 bits per heavy atom. The lowest BCUT2D eigenvalue weighted by Crippen LogP contribution is -2.45. The molecule has 1 saturated carbocycles. The van der Waals surface area contributed by atoms with E-state index in [1.807, 2.05) is 43.5 Å². The van der Waals surface area contributed by atoms with Crippen LogP contribution >= 0.6 is 0 Å². The zero-order chi connectivity index (χ0) is 25.3. The number of amides is 1. The predicted octanol–water partition coefficient (Wildman–Crippen LogP) is 4.41. The molecule has 3 heterocycles. The van der Waals surface area contributed by atoms with E-state index in [-0.39, 0.29) is 23.8 Å². The van der Waals surface area contributed by atoms with E-state index in [2.05, 4.69) is 44.6 Å². The standard InChI is InChI=1S/C28H35N5O3/c1-28(2,3)36-27(35)29-22-13-15-32(16-14-22)18-19-7-9-20(10-8-19)23-5-4-6-26-30-25(31-33(23)26)17-24(34)21-11-12-21/h4-10,21-22H,11-18H2,1-3H3,(H,29,35). The molecule has 190 valence electrons. The molecule has 8 heteroatoms. The van der Waals surface area contributed by atoms with E-state index in [1.54, 1.807) is 0 Å². The van der Waals surface area contributed by atoms with Crippen LogP contribution in [0.1, 0.15) is 57.8 Å². The fourth-order valence-corrected chi connectivity index (χ4v) is 4.70. The van der Waals surface area contributed by atoms with Crippen LogP contribution in [0, 0.1) is 5.92 Å². The zero-order valence-corrected chi connectivity index (χ0v) is 21.4. The number of carbonyl (C=O) groups excluding carboxylic acids is 2. The van der Waals surface area contributed by atoms with Crippen LogP contribution < -0.4 is 5.32 Å². The molecule has 1 amide bonds. The summed E-state index contributed by atoms with van der Waals surface area (Å²) in [7, 11) is 0. The summed E-state index contributed by atoms with van der Waals surface area (Å²) in [5.74, 6) is 1.07. The van der Waals surface area contributed by atoms with Gasteiger partial charge >= 0.3 is 6.09 Å². The zero-order valence-electron chi connectivity index (χ0n) is 21.4. The van der Waals surface area contributed by atoms with Crippen LogP contribution in [0.15, 0.2) is 42.5 Å². The number of benzene rings is 1. The molecule has 5 rings (SSSR count). The molecule has 2 aliphatic rings. The fourth-order valence-electron chi connectivity index (χ4n) is 4.70. The normalized spacial score (nSPS) is 17.3. The number of aromatic nitrogens is 3. The third-order valence-electron chi connectivity index (χ3n) is 6.73. The largest absolute Gasteiger partial charge is 0.444 e. The van der Waals surface area contributed by atoms with E-state index in [0.29, 0.717) is 12.2 Å². The number of nitrogens with zero attached hydrogens (tertiary/aromatic N) is 4. The molecule has 3 aromatic rings. The maximum atomic E-state index is 12.2. The second kappa shape index (κ2) is 10.0. The third kappa shape index (κ3) is 6.10. The quantitative estimate of drug-likeness (QED) is 0.529. The van der Waals surface area contributed by atoms with Crippen LogP contribution in [0.3, 0.4) is 0 Å². The van der Waals surface area contributed by atoms with Crippen LogP contribution in [0.4, 0.5) is 4.79 Å². The minimum Gasteiger partial charge on any atom is -0.444 e. The van der Waals surface area contributed by atoms with Crippen molar-refractivity contribution < 1.29 is 14.3 Å². The van der Waals surface area contributed by atoms with E-state index in [9.17, 15) is 9.59 Å². The summed E-state index contributed by atoms with van der Waals surface area (Å²) in [4.78, 5) is 31.2. The average Bonchev–Trinajstić information content (AvgIpc) is 3.59. The first-order chi connectivity index (χ1) is 17.2. The average molecular weight is 490 g/mol. The van der Waals surface area contributed by atoms with Crippen LogP contribution in [-0.4, -0.2) is 56.1 Å². The van der Waals surface area contributed by atoms with Gasteiger partial charge in [-0.05, 0) is 64.2 Å². The van der Waals surface area contributed by atoms with Gasteiger partial charge < -0.3 is 10.1 Å². The van der Waals surface area contributed by atoms with Crippen LogP contribution in [0.25, 0.3) is 16.9 Å². The molecule has 36 heavy (non-hydrogen) atoms. The molecule has 1 N–H and O–H groups in total. The van der Waals surface area contributed by atoms with Gasteiger partial charge in [0.2, 0.25) is 0 Å². The number of hydrogen-bond donors (Lipinski definition) is 1. The van der Waals surface area contributed by atoms with Gasteiger partial charge in [-0.1, -0.05) is 30.3 Å². The molecule has 1 saturated heterocycles. The second-order valence-electron chi connectivity index (χ2n) is 11.0. The topological polar surface area (TPSA) is 88.8 Å². The molecule has 0 bridgehead atoms. The van der Waals surface area contributed by atoms with Crippen LogP contribution in [0.5, 0.6) is 0 Å². The lowest BCUT2D eigenvalue weighted by molar-refractivity contribution is -0.119. The third-order valence-corrected chi connectivity index (χ3v) is 6.73. The second-order valence-corrected chi connectivity index (χ2v) is 11.0. The van der Waals surface area contributed by atoms with Gasteiger partial charge in [0.1, 0.15) is 11.4 Å². The highest BCUT2D eigenvalue weighted by Gasteiger charge is 2.30. The molecule has 1 aromatic carbocycles. The van der Waals surface area contributed by atoms with Gasteiger partial charge in [0.15, 0.2) is 11.5 Å². The molecule has 2 fully saturated rings. The Balaban J connectivity index is 1.18. The molecule has 8 nitrogen and oxygen atoms in total. The van der Waals surface area contributed by atoms with Crippen molar-refractivity contribution in [3.63, 3.8) is 0 Å². The summed E-state index contributed by atoms with van der Waals surface area (Å²) in [5, 5.41) is 7.64. The first-order valence-corrected chi connectivity index (χ1v) is 12.9. The maximum absolute atomic E-state index is 12.2. The smallest absolute Gasteiger partial charge is 0.407 e. The highest BCUT2D eigenvalue weighted by Crippen LogP contribution is 2.31. The van der Waals surface area contributed by atoms with Crippen molar-refractivity contribution in [3.8, 4) is 11.3 Å². The maximum Gasteiger partial charge on any atom is 0.407 e. The van der Waals surface area contributed by atoms with Crippen molar-refractivity contribution in [3.05, 3.63) is 53.9 Å². The van der Waals surface area contributed by atoms with Gasteiger partial charge in [-0.3, -0.25) is 9.69 Å². The molecule has 0 radical (unpaired) electrons. The van der Waals surface area contributed by atoms with Crippen molar-refractivity contribution >= 4 is 17.5 Å². The minimum atomic E-state index is -0.478. The SMILES string of the molecule is CC(C)(C)OC(=O)NC1CCN(Cc2ccc(-c3cccc4nc(CC(=O)C5CC5)nn34)cc2)CC1. The Hall–Kier alpha value is -3.26. The van der Waals surface area contributed by atoms with Gasteiger partial charge in [-0.25, -0.2) is 14.3 Å². The number of nitrogens with one attached hydrogen (secondary N) is 1. The highest BCUT2D eigenvalue weighted by molar-refractivity contribution is 5.84. The van der Waals surface area contributed by atoms with E-state index in [1.165, 1.54) is 5.56 Å². The van der Waals surface area contributed by atoms with E-state index in [0.717, 1.165) is 62.2 Å². The molecular formula is C28H35N5O3. The summed E-state index contributed by atoms with van der Waals surface area (Å²) in [6.45, 7) is 8.37. The monoisotopic (exact) mass is 489 g/mol. The molecule has 0 unspecified atom stereocenters. The Morgan fingerprint density at radius 3 is 2.42 bits per heavy atom. The molecule has 2 aromatic heterocycles. The van der Waals surface area contributed by atoms with Gasteiger partial charge in [-0.15, -0.1) is 0 Å². The van der Waals surface area contributed by atoms with Crippen molar-refractivity contribution in [1.29, 1.82) is 0 Å². The number of pyridine rings is 1. The van der Waals surface area contributed by atoms with E-state index < -0.39 is 5.60 Å². The summed E-state index contributed by atoms with van der Waals surface area (Å²) in [5.41, 5.74) is 3.56. The Labute approximate surface area is 212 Å². The number of piperidine rings is 1. The lowest BCUT2D eigenvalue weighted by Gasteiger charge is -2.32. The minimum absolute atomic E-state index is 0.158. The van der Waals surface area contributed by atoms with Gasteiger partial charge in [-0.2, -0.15) is 5.10 Å². The lowest BCUT2D eigenvalue weighted by atomic mass is 10.0. The summed E-state index contributed by atoms with van der Waals surface area (Å²) >= 11 is 0.